The van der Waals surface area contributed by atoms with Crippen LogP contribution in [0.3, 0.4) is 0 Å². The number of ether oxygens (including phenoxy) is 9. The Labute approximate surface area is 272 Å². The Morgan fingerprint density at radius 2 is 0.532 bits per heavy atom. The molecule has 0 radical (unpaired) electrons. The van der Waals surface area contributed by atoms with E-state index >= 15 is 0 Å². The largest absolute Gasteiger partial charge is 0.394 e. The van der Waals surface area contributed by atoms with Gasteiger partial charge in [0.2, 0.25) is 0 Å². The van der Waals surface area contributed by atoms with Crippen LogP contribution in [0, 0.1) is 0 Å². The lowest BCUT2D eigenvalue weighted by Crippen LogP contribution is -2.41. The zero-order chi connectivity index (χ0) is 34.8. The van der Waals surface area contributed by atoms with Crippen LogP contribution in [-0.4, -0.2) is 210 Å². The highest BCUT2D eigenvalue weighted by Crippen LogP contribution is 2.11. The fraction of sp³-hybridized carbons (Fsp3) is 1.00. The van der Waals surface area contributed by atoms with Crippen molar-refractivity contribution in [2.45, 2.75) is 36.6 Å². The summed E-state index contributed by atoms with van der Waals surface area (Å²) in [5.41, 5.74) is 0. The Balaban J connectivity index is 5.92. The number of hydrogen-bond donors (Lipinski definition) is 8. The van der Waals surface area contributed by atoms with E-state index in [0.717, 1.165) is 0 Å². The summed E-state index contributed by atoms with van der Waals surface area (Å²) in [6.07, 6.45) is -4.98. The standard InChI is InChI=1S/C26H54O21/c27-1-5-35-9-21(10-36-6-2-28)39-13-25(14-40-22(11-37-7-3-29)12-38-8-4-30)47-26(15-41-23(17-43-31)18-44-32)16-42-24(19-45-33)20-46-34/h21-34H,1-20H2. The Morgan fingerprint density at radius 3 is 0.745 bits per heavy atom. The maximum atomic E-state index is 9.08. The fourth-order valence-corrected chi connectivity index (χ4v) is 3.53. The van der Waals surface area contributed by atoms with Gasteiger partial charge >= 0.3 is 0 Å². The third-order valence-corrected chi connectivity index (χ3v) is 5.66. The number of aliphatic hydroxyl groups is 4. The van der Waals surface area contributed by atoms with E-state index in [0.29, 0.717) is 0 Å². The van der Waals surface area contributed by atoms with E-state index in [2.05, 4.69) is 19.6 Å². The Bertz CT molecular complexity index is 545. The van der Waals surface area contributed by atoms with Crippen LogP contribution in [-0.2, 0) is 62.2 Å². The Kier molecular flexibility index (Phi) is 34.4. The van der Waals surface area contributed by atoms with E-state index in [1.807, 2.05) is 0 Å². The molecule has 0 aliphatic heterocycles. The van der Waals surface area contributed by atoms with Gasteiger partial charge in [-0.3, -0.25) is 21.0 Å². The molecule has 0 rings (SSSR count). The second-order valence-corrected chi connectivity index (χ2v) is 9.58. The molecular formula is C26H54O21. The van der Waals surface area contributed by atoms with Crippen LogP contribution in [0.5, 0.6) is 0 Å². The zero-order valence-electron chi connectivity index (χ0n) is 26.5. The van der Waals surface area contributed by atoms with Gasteiger partial charge in [0.15, 0.2) is 0 Å². The Hall–Kier alpha value is -0.840. The van der Waals surface area contributed by atoms with Crippen molar-refractivity contribution >= 4 is 0 Å². The van der Waals surface area contributed by atoms with Gasteiger partial charge in [-0.15, -0.1) is 0 Å². The SMILES string of the molecule is OCCOCC(COCCO)OCC(COC(COCCO)COCCO)OC(COC(COO)COO)COC(COO)COO. The Morgan fingerprint density at radius 1 is 0.298 bits per heavy atom. The lowest BCUT2D eigenvalue weighted by Gasteiger charge is -2.29. The topological polar surface area (TPSA) is 282 Å². The summed E-state index contributed by atoms with van der Waals surface area (Å²) in [4.78, 5) is 16.4. The summed E-state index contributed by atoms with van der Waals surface area (Å²) in [7, 11) is 0. The summed E-state index contributed by atoms with van der Waals surface area (Å²) >= 11 is 0. The first-order valence-corrected chi connectivity index (χ1v) is 14.9. The molecule has 0 heterocycles. The summed E-state index contributed by atoms with van der Waals surface area (Å²) in [5, 5.41) is 71.7. The molecule has 21 nitrogen and oxygen atoms in total. The van der Waals surface area contributed by atoms with Gasteiger partial charge in [0, 0.05) is 0 Å². The quantitative estimate of drug-likeness (QED) is 0.0184. The molecule has 21 heteroatoms. The normalized spacial score (nSPS) is 12.4. The highest BCUT2D eigenvalue weighted by molar-refractivity contribution is 4.69. The molecule has 0 unspecified atom stereocenters. The predicted octanol–water partition coefficient (Wildman–Crippen LogP) is -2.72. The average molecular weight is 703 g/mol. The van der Waals surface area contributed by atoms with Crippen LogP contribution in [0.4, 0.5) is 0 Å². The predicted molar refractivity (Wildman–Crippen MR) is 154 cm³/mol. The molecule has 0 spiro atoms. The molecule has 47 heavy (non-hydrogen) atoms. The molecular weight excluding hydrogens is 648 g/mol. The van der Waals surface area contributed by atoms with Crippen LogP contribution < -0.4 is 0 Å². The third kappa shape index (κ3) is 27.6. The smallest absolute Gasteiger partial charge is 0.111 e. The number of rotatable bonds is 38. The molecule has 284 valence electrons. The van der Waals surface area contributed by atoms with Crippen molar-refractivity contribution in [3.8, 4) is 0 Å². The van der Waals surface area contributed by atoms with Crippen LogP contribution in [0.1, 0.15) is 0 Å². The van der Waals surface area contributed by atoms with Gasteiger partial charge in [-0.1, -0.05) is 0 Å². The lowest BCUT2D eigenvalue weighted by molar-refractivity contribution is -0.301. The van der Waals surface area contributed by atoms with Gasteiger partial charge in [-0.2, -0.15) is 0 Å². The van der Waals surface area contributed by atoms with Crippen molar-refractivity contribution < 1.29 is 104 Å². The van der Waals surface area contributed by atoms with Crippen LogP contribution >= 0.6 is 0 Å². The maximum absolute atomic E-state index is 9.08. The van der Waals surface area contributed by atoms with Crippen molar-refractivity contribution in [2.75, 3.05) is 132 Å². The molecule has 0 bridgehead atoms. The van der Waals surface area contributed by atoms with Crippen LogP contribution in [0.25, 0.3) is 0 Å². The molecule has 8 N–H and O–H groups in total. The van der Waals surface area contributed by atoms with Gasteiger partial charge in [0.25, 0.3) is 0 Å². The molecule has 0 aliphatic carbocycles. The molecule has 0 amide bonds. The van der Waals surface area contributed by atoms with Gasteiger partial charge in [-0.05, 0) is 0 Å². The number of aliphatic hydroxyl groups excluding tert-OH is 4. The van der Waals surface area contributed by atoms with Crippen molar-refractivity contribution in [3.63, 3.8) is 0 Å². The average Bonchev–Trinajstić information content (AvgIpc) is 3.06. The third-order valence-electron chi connectivity index (χ3n) is 5.66. The van der Waals surface area contributed by atoms with E-state index in [-0.39, 0.29) is 132 Å². The van der Waals surface area contributed by atoms with E-state index in [4.69, 9.17) is 84.1 Å². The molecule has 0 aliphatic rings. The minimum Gasteiger partial charge on any atom is -0.394 e. The summed E-state index contributed by atoms with van der Waals surface area (Å²) < 4.78 is 51.1. The maximum Gasteiger partial charge on any atom is 0.111 e. The van der Waals surface area contributed by atoms with Gasteiger partial charge in [-0.25, -0.2) is 19.6 Å². The second kappa shape index (κ2) is 35.0. The molecule has 0 aromatic heterocycles. The van der Waals surface area contributed by atoms with Gasteiger partial charge < -0.3 is 63.1 Å². The van der Waals surface area contributed by atoms with Crippen molar-refractivity contribution in [3.05, 3.63) is 0 Å². The van der Waals surface area contributed by atoms with Crippen LogP contribution in [0.15, 0.2) is 0 Å². The molecule has 0 atom stereocenters. The van der Waals surface area contributed by atoms with Crippen molar-refractivity contribution in [1.82, 2.24) is 0 Å². The summed E-state index contributed by atoms with van der Waals surface area (Å²) in [6.45, 7) is -2.66. The van der Waals surface area contributed by atoms with Crippen molar-refractivity contribution in [2.24, 2.45) is 0 Å². The summed E-state index contributed by atoms with van der Waals surface area (Å²) in [5.74, 6) is 0. The van der Waals surface area contributed by atoms with Gasteiger partial charge in [0.05, 0.1) is 106 Å². The van der Waals surface area contributed by atoms with E-state index in [1.165, 1.54) is 0 Å². The first-order valence-electron chi connectivity index (χ1n) is 14.9. The molecule has 0 saturated heterocycles. The van der Waals surface area contributed by atoms with Gasteiger partial charge in [0.1, 0.15) is 63.1 Å². The first-order chi connectivity index (χ1) is 23.0. The molecule has 0 aromatic carbocycles. The van der Waals surface area contributed by atoms with E-state index in [1.54, 1.807) is 0 Å². The molecule has 0 saturated carbocycles. The lowest BCUT2D eigenvalue weighted by atomic mass is 10.3. The number of hydrogen-bond acceptors (Lipinski definition) is 21. The minimum atomic E-state index is -0.937. The minimum absolute atomic E-state index is 0.0375. The second-order valence-electron chi connectivity index (χ2n) is 9.58. The molecule has 0 aromatic rings. The monoisotopic (exact) mass is 702 g/mol. The first kappa shape index (κ1) is 46.2. The van der Waals surface area contributed by atoms with E-state index < -0.39 is 36.6 Å². The fourth-order valence-electron chi connectivity index (χ4n) is 3.53. The summed E-state index contributed by atoms with van der Waals surface area (Å²) in [6, 6.07) is 0. The van der Waals surface area contributed by atoms with Crippen LogP contribution in [0.2, 0.25) is 0 Å². The zero-order valence-corrected chi connectivity index (χ0v) is 26.5. The van der Waals surface area contributed by atoms with Crippen molar-refractivity contribution in [1.29, 1.82) is 0 Å². The molecule has 0 fully saturated rings. The highest BCUT2D eigenvalue weighted by atomic mass is 17.1. The van der Waals surface area contributed by atoms with E-state index in [9.17, 15) is 0 Å². The highest BCUT2D eigenvalue weighted by Gasteiger charge is 2.25.